The molecule has 0 aliphatic rings. The zero-order valence-electron chi connectivity index (χ0n) is 12.5. The standard InChI is InChI=1S/C16H21N3O2/c1-12-11-13(2)19(18-12)9-7-16(21)17-15-5-3-14(4-6-15)8-10-20/h3-6,11,20H,7-10H2,1-2H3,(H,17,21). The summed E-state index contributed by atoms with van der Waals surface area (Å²) < 4.78 is 1.85. The van der Waals surface area contributed by atoms with Crippen molar-refractivity contribution >= 4 is 11.6 Å². The fraction of sp³-hybridized carbons (Fsp3) is 0.375. The van der Waals surface area contributed by atoms with E-state index in [1.807, 2.05) is 48.9 Å². The number of rotatable bonds is 6. The number of hydrogen-bond acceptors (Lipinski definition) is 3. The van der Waals surface area contributed by atoms with Crippen molar-refractivity contribution in [3.63, 3.8) is 0 Å². The molecule has 0 bridgehead atoms. The van der Waals surface area contributed by atoms with Gasteiger partial charge in [-0.05, 0) is 44.0 Å². The van der Waals surface area contributed by atoms with Crippen LogP contribution in [-0.4, -0.2) is 27.4 Å². The second kappa shape index (κ2) is 7.04. The van der Waals surface area contributed by atoms with Crippen LogP contribution in [0.25, 0.3) is 0 Å². The van der Waals surface area contributed by atoms with Crippen molar-refractivity contribution in [1.82, 2.24) is 9.78 Å². The van der Waals surface area contributed by atoms with Gasteiger partial charge in [0, 0.05) is 31.0 Å². The highest BCUT2D eigenvalue weighted by Crippen LogP contribution is 2.11. The van der Waals surface area contributed by atoms with E-state index in [0.717, 1.165) is 22.6 Å². The van der Waals surface area contributed by atoms with Crippen LogP contribution in [0.1, 0.15) is 23.4 Å². The number of hydrogen-bond donors (Lipinski definition) is 2. The number of aryl methyl sites for hydroxylation is 3. The summed E-state index contributed by atoms with van der Waals surface area (Å²) in [6.45, 7) is 4.64. The van der Waals surface area contributed by atoms with Gasteiger partial charge in [-0.25, -0.2) is 0 Å². The van der Waals surface area contributed by atoms with E-state index in [1.165, 1.54) is 0 Å². The third-order valence-electron chi connectivity index (χ3n) is 3.29. The van der Waals surface area contributed by atoms with E-state index in [4.69, 9.17) is 5.11 Å². The van der Waals surface area contributed by atoms with Crippen molar-refractivity contribution < 1.29 is 9.90 Å². The molecule has 112 valence electrons. The number of aliphatic hydroxyl groups excluding tert-OH is 1. The van der Waals surface area contributed by atoms with Crippen LogP contribution >= 0.6 is 0 Å². The predicted molar refractivity (Wildman–Crippen MR) is 82.2 cm³/mol. The summed E-state index contributed by atoms with van der Waals surface area (Å²) in [7, 11) is 0. The molecule has 2 N–H and O–H groups in total. The molecule has 5 nitrogen and oxygen atoms in total. The quantitative estimate of drug-likeness (QED) is 0.854. The molecule has 0 aliphatic carbocycles. The van der Waals surface area contributed by atoms with Crippen LogP contribution in [0.3, 0.4) is 0 Å². The Morgan fingerprint density at radius 3 is 2.57 bits per heavy atom. The van der Waals surface area contributed by atoms with E-state index in [-0.39, 0.29) is 12.5 Å². The molecule has 2 rings (SSSR count). The van der Waals surface area contributed by atoms with Gasteiger partial charge in [0.1, 0.15) is 0 Å². The number of aromatic nitrogens is 2. The first-order chi connectivity index (χ1) is 10.1. The molecule has 0 saturated carbocycles. The van der Waals surface area contributed by atoms with Crippen molar-refractivity contribution in [3.8, 4) is 0 Å². The Morgan fingerprint density at radius 1 is 1.29 bits per heavy atom. The Hall–Kier alpha value is -2.14. The van der Waals surface area contributed by atoms with E-state index in [0.29, 0.717) is 19.4 Å². The zero-order chi connectivity index (χ0) is 15.2. The molecule has 0 saturated heterocycles. The van der Waals surface area contributed by atoms with Gasteiger partial charge in [-0.1, -0.05) is 12.1 Å². The first kappa shape index (κ1) is 15.3. The Kier molecular flexibility index (Phi) is 5.11. The van der Waals surface area contributed by atoms with Gasteiger partial charge >= 0.3 is 0 Å². The number of nitrogens with one attached hydrogen (secondary N) is 1. The highest BCUT2D eigenvalue weighted by atomic mass is 16.2. The number of amides is 1. The largest absolute Gasteiger partial charge is 0.396 e. The summed E-state index contributed by atoms with van der Waals surface area (Å²) in [4.78, 5) is 11.9. The Labute approximate surface area is 124 Å². The maximum absolute atomic E-state index is 11.9. The number of aliphatic hydroxyl groups is 1. The minimum Gasteiger partial charge on any atom is -0.396 e. The summed E-state index contributed by atoms with van der Waals surface area (Å²) in [5.41, 5.74) is 3.86. The molecule has 0 radical (unpaired) electrons. The Bertz CT molecular complexity index is 602. The van der Waals surface area contributed by atoms with Crippen molar-refractivity contribution in [2.45, 2.75) is 33.2 Å². The monoisotopic (exact) mass is 287 g/mol. The van der Waals surface area contributed by atoms with Gasteiger partial charge in [0.15, 0.2) is 0 Å². The van der Waals surface area contributed by atoms with Gasteiger partial charge in [0.25, 0.3) is 0 Å². The highest BCUT2D eigenvalue weighted by molar-refractivity contribution is 5.90. The first-order valence-corrected chi connectivity index (χ1v) is 7.09. The number of carbonyl (C=O) groups excluding carboxylic acids is 1. The summed E-state index contributed by atoms with van der Waals surface area (Å²) in [5.74, 6) is -0.0301. The molecule has 1 amide bonds. The minimum atomic E-state index is -0.0301. The van der Waals surface area contributed by atoms with Crippen molar-refractivity contribution in [1.29, 1.82) is 0 Å². The molecule has 0 aliphatic heterocycles. The van der Waals surface area contributed by atoms with E-state index < -0.39 is 0 Å². The summed E-state index contributed by atoms with van der Waals surface area (Å²) >= 11 is 0. The first-order valence-electron chi connectivity index (χ1n) is 7.09. The molecule has 1 aromatic heterocycles. The molecule has 2 aromatic rings. The van der Waals surface area contributed by atoms with Crippen LogP contribution in [0.2, 0.25) is 0 Å². The van der Waals surface area contributed by atoms with Crippen LogP contribution < -0.4 is 5.32 Å². The lowest BCUT2D eigenvalue weighted by Crippen LogP contribution is -2.15. The van der Waals surface area contributed by atoms with Gasteiger partial charge in [0.2, 0.25) is 5.91 Å². The van der Waals surface area contributed by atoms with Crippen LogP contribution in [-0.2, 0) is 17.8 Å². The number of nitrogens with zero attached hydrogens (tertiary/aromatic N) is 2. The van der Waals surface area contributed by atoms with E-state index in [9.17, 15) is 4.79 Å². The average molecular weight is 287 g/mol. The molecule has 5 heteroatoms. The van der Waals surface area contributed by atoms with E-state index >= 15 is 0 Å². The number of carbonyl (C=O) groups is 1. The van der Waals surface area contributed by atoms with Gasteiger partial charge in [-0.3, -0.25) is 9.48 Å². The van der Waals surface area contributed by atoms with Crippen molar-refractivity contribution in [2.24, 2.45) is 0 Å². The lowest BCUT2D eigenvalue weighted by Gasteiger charge is -2.07. The Morgan fingerprint density at radius 2 is 2.00 bits per heavy atom. The molecule has 0 atom stereocenters. The van der Waals surface area contributed by atoms with Crippen molar-refractivity contribution in [3.05, 3.63) is 47.3 Å². The average Bonchev–Trinajstić information content (AvgIpc) is 2.77. The van der Waals surface area contributed by atoms with Crippen LogP contribution in [0.15, 0.2) is 30.3 Å². The van der Waals surface area contributed by atoms with Gasteiger partial charge in [-0.15, -0.1) is 0 Å². The lowest BCUT2D eigenvalue weighted by molar-refractivity contribution is -0.116. The molecule has 1 aromatic carbocycles. The lowest BCUT2D eigenvalue weighted by atomic mass is 10.1. The van der Waals surface area contributed by atoms with Crippen LogP contribution in [0.5, 0.6) is 0 Å². The molecular formula is C16H21N3O2. The van der Waals surface area contributed by atoms with Crippen LogP contribution in [0.4, 0.5) is 5.69 Å². The van der Waals surface area contributed by atoms with Gasteiger partial charge in [-0.2, -0.15) is 5.10 Å². The molecule has 21 heavy (non-hydrogen) atoms. The second-order valence-corrected chi connectivity index (χ2v) is 5.12. The molecule has 1 heterocycles. The van der Waals surface area contributed by atoms with E-state index in [1.54, 1.807) is 0 Å². The molecular weight excluding hydrogens is 266 g/mol. The highest BCUT2D eigenvalue weighted by Gasteiger charge is 2.06. The minimum absolute atomic E-state index is 0.0301. The van der Waals surface area contributed by atoms with Gasteiger partial charge in [0.05, 0.1) is 5.69 Å². The van der Waals surface area contributed by atoms with E-state index in [2.05, 4.69) is 10.4 Å². The molecule has 0 fully saturated rings. The smallest absolute Gasteiger partial charge is 0.226 e. The summed E-state index contributed by atoms with van der Waals surface area (Å²) in [6, 6.07) is 9.52. The maximum Gasteiger partial charge on any atom is 0.226 e. The third-order valence-corrected chi connectivity index (χ3v) is 3.29. The second-order valence-electron chi connectivity index (χ2n) is 5.12. The molecule has 0 spiro atoms. The number of benzene rings is 1. The van der Waals surface area contributed by atoms with Crippen molar-refractivity contribution in [2.75, 3.05) is 11.9 Å². The summed E-state index contributed by atoms with van der Waals surface area (Å²) in [5, 5.41) is 16.1. The normalized spacial score (nSPS) is 10.6. The summed E-state index contributed by atoms with van der Waals surface area (Å²) in [6.07, 6.45) is 1.02. The number of anilines is 1. The SMILES string of the molecule is Cc1cc(C)n(CCC(=O)Nc2ccc(CCO)cc2)n1. The molecule has 0 unspecified atom stereocenters. The maximum atomic E-state index is 11.9. The fourth-order valence-electron chi connectivity index (χ4n) is 2.22. The predicted octanol–water partition coefficient (Wildman–Crippen LogP) is 2.06. The zero-order valence-corrected chi connectivity index (χ0v) is 12.5. The van der Waals surface area contributed by atoms with Gasteiger partial charge < -0.3 is 10.4 Å². The fourth-order valence-corrected chi connectivity index (χ4v) is 2.22. The Balaban J connectivity index is 1.85. The topological polar surface area (TPSA) is 67.2 Å². The van der Waals surface area contributed by atoms with Crippen LogP contribution in [0, 0.1) is 13.8 Å². The third kappa shape index (κ3) is 4.43.